The van der Waals surface area contributed by atoms with Gasteiger partial charge in [0.15, 0.2) is 0 Å². The van der Waals surface area contributed by atoms with Crippen LogP contribution in [-0.2, 0) is 4.74 Å². The van der Waals surface area contributed by atoms with Crippen LogP contribution in [0, 0.1) is 11.3 Å². The van der Waals surface area contributed by atoms with Crippen molar-refractivity contribution in [3.63, 3.8) is 0 Å². The molecule has 1 aliphatic rings. The lowest BCUT2D eigenvalue weighted by molar-refractivity contribution is 0.0792. The molecule has 0 radical (unpaired) electrons. The molecule has 2 atom stereocenters. The lowest BCUT2D eigenvalue weighted by Gasteiger charge is -2.36. The zero-order chi connectivity index (χ0) is 15.0. The van der Waals surface area contributed by atoms with Crippen LogP contribution in [-0.4, -0.2) is 49.3 Å². The SMILES string of the molecule is CCNC1(C#N)CCC(N(CCOC)C(CC)CC)C1. The molecule has 0 saturated heterocycles. The third-order valence-corrected chi connectivity index (χ3v) is 4.65. The summed E-state index contributed by atoms with van der Waals surface area (Å²) in [6.07, 6.45) is 5.35. The van der Waals surface area contributed by atoms with Gasteiger partial charge in [0.25, 0.3) is 0 Å². The summed E-state index contributed by atoms with van der Waals surface area (Å²) < 4.78 is 5.27. The van der Waals surface area contributed by atoms with Gasteiger partial charge >= 0.3 is 0 Å². The molecule has 20 heavy (non-hydrogen) atoms. The maximum atomic E-state index is 9.52. The smallest absolute Gasteiger partial charge is 0.108 e. The largest absolute Gasteiger partial charge is 0.383 e. The van der Waals surface area contributed by atoms with Gasteiger partial charge in [-0.15, -0.1) is 0 Å². The summed E-state index contributed by atoms with van der Waals surface area (Å²) in [4.78, 5) is 2.58. The van der Waals surface area contributed by atoms with Crippen LogP contribution in [0.25, 0.3) is 0 Å². The minimum absolute atomic E-state index is 0.309. The molecule has 0 aliphatic heterocycles. The van der Waals surface area contributed by atoms with Gasteiger partial charge in [0, 0.05) is 25.7 Å². The molecule has 1 aliphatic carbocycles. The lowest BCUT2D eigenvalue weighted by atomic mass is 9.98. The quantitative estimate of drug-likeness (QED) is 0.705. The molecule has 1 fully saturated rings. The average molecular weight is 281 g/mol. The third kappa shape index (κ3) is 4.18. The monoisotopic (exact) mass is 281 g/mol. The Hall–Kier alpha value is -0.630. The van der Waals surface area contributed by atoms with Gasteiger partial charge in [0.05, 0.1) is 12.7 Å². The predicted octanol–water partition coefficient (Wildman–Crippen LogP) is 2.55. The maximum absolute atomic E-state index is 9.52. The Labute approximate surface area is 124 Å². The van der Waals surface area contributed by atoms with Crippen molar-refractivity contribution in [2.45, 2.75) is 70.5 Å². The lowest BCUT2D eigenvalue weighted by Crippen LogP contribution is -2.47. The summed E-state index contributed by atoms with van der Waals surface area (Å²) in [6, 6.07) is 3.64. The number of ether oxygens (including phenoxy) is 1. The Morgan fingerprint density at radius 2 is 2.10 bits per heavy atom. The highest BCUT2D eigenvalue weighted by Gasteiger charge is 2.41. The molecule has 4 heteroatoms. The molecule has 2 unspecified atom stereocenters. The summed E-state index contributed by atoms with van der Waals surface area (Å²) in [5.41, 5.74) is -0.309. The van der Waals surface area contributed by atoms with Gasteiger partial charge in [0.1, 0.15) is 5.54 Å². The van der Waals surface area contributed by atoms with Gasteiger partial charge in [0.2, 0.25) is 0 Å². The Kier molecular flexibility index (Phi) is 7.50. The molecule has 1 rings (SSSR count). The molecular weight excluding hydrogens is 250 g/mol. The number of methoxy groups -OCH3 is 1. The molecule has 1 saturated carbocycles. The van der Waals surface area contributed by atoms with E-state index in [1.54, 1.807) is 7.11 Å². The van der Waals surface area contributed by atoms with Crippen LogP contribution in [0.3, 0.4) is 0 Å². The summed E-state index contributed by atoms with van der Waals surface area (Å²) in [6.45, 7) is 9.20. The first kappa shape index (κ1) is 17.4. The third-order valence-electron chi connectivity index (χ3n) is 4.65. The van der Waals surface area contributed by atoms with Crippen molar-refractivity contribution in [1.82, 2.24) is 10.2 Å². The van der Waals surface area contributed by atoms with Crippen molar-refractivity contribution in [2.75, 3.05) is 26.8 Å². The van der Waals surface area contributed by atoms with Crippen molar-refractivity contribution < 1.29 is 4.74 Å². The van der Waals surface area contributed by atoms with Crippen molar-refractivity contribution in [3.05, 3.63) is 0 Å². The molecule has 1 N–H and O–H groups in total. The van der Waals surface area contributed by atoms with E-state index in [4.69, 9.17) is 4.74 Å². The second-order valence-electron chi connectivity index (χ2n) is 5.82. The first-order valence-electron chi connectivity index (χ1n) is 8.07. The number of nitrogens with one attached hydrogen (secondary N) is 1. The summed E-state index contributed by atoms with van der Waals surface area (Å²) in [7, 11) is 1.76. The first-order valence-corrected chi connectivity index (χ1v) is 8.07. The van der Waals surface area contributed by atoms with Crippen LogP contribution >= 0.6 is 0 Å². The van der Waals surface area contributed by atoms with E-state index in [0.717, 1.165) is 51.8 Å². The van der Waals surface area contributed by atoms with E-state index in [2.05, 4.69) is 37.1 Å². The highest BCUT2D eigenvalue weighted by molar-refractivity contribution is 5.13. The van der Waals surface area contributed by atoms with E-state index in [9.17, 15) is 5.26 Å². The van der Waals surface area contributed by atoms with Crippen LogP contribution in [0.15, 0.2) is 0 Å². The number of nitriles is 1. The van der Waals surface area contributed by atoms with Gasteiger partial charge in [-0.25, -0.2) is 0 Å². The van der Waals surface area contributed by atoms with Crippen molar-refractivity contribution in [2.24, 2.45) is 0 Å². The van der Waals surface area contributed by atoms with E-state index in [1.165, 1.54) is 0 Å². The van der Waals surface area contributed by atoms with Crippen LogP contribution in [0.2, 0.25) is 0 Å². The fraction of sp³-hybridized carbons (Fsp3) is 0.938. The molecule has 116 valence electrons. The van der Waals surface area contributed by atoms with E-state index < -0.39 is 0 Å². The standard InChI is InChI=1S/C16H31N3O/c1-5-14(6-2)19(10-11-20-4)15-8-9-16(12-15,13-17)18-7-3/h14-15,18H,5-12H2,1-4H3. The highest BCUT2D eigenvalue weighted by Crippen LogP contribution is 2.34. The number of nitrogens with zero attached hydrogens (tertiary/aromatic N) is 2. The molecule has 0 spiro atoms. The summed E-state index contributed by atoms with van der Waals surface area (Å²) >= 11 is 0. The van der Waals surface area contributed by atoms with Crippen molar-refractivity contribution in [3.8, 4) is 6.07 Å². The molecule has 0 aromatic heterocycles. The molecule has 0 aromatic carbocycles. The minimum Gasteiger partial charge on any atom is -0.383 e. The zero-order valence-corrected chi connectivity index (χ0v) is 13.6. The molecule has 4 nitrogen and oxygen atoms in total. The normalized spacial score (nSPS) is 26.4. The van der Waals surface area contributed by atoms with Gasteiger partial charge in [-0.2, -0.15) is 5.26 Å². The number of hydrogen-bond donors (Lipinski definition) is 1. The molecule has 0 aromatic rings. The van der Waals surface area contributed by atoms with E-state index in [0.29, 0.717) is 12.1 Å². The van der Waals surface area contributed by atoms with Gasteiger partial charge in [-0.05, 0) is 38.6 Å². The minimum atomic E-state index is -0.309. The van der Waals surface area contributed by atoms with Crippen LogP contribution in [0.5, 0.6) is 0 Å². The Bertz CT molecular complexity index is 311. The van der Waals surface area contributed by atoms with Crippen LogP contribution < -0.4 is 5.32 Å². The molecule has 0 heterocycles. The van der Waals surface area contributed by atoms with Crippen LogP contribution in [0.1, 0.15) is 52.9 Å². The number of rotatable bonds is 9. The van der Waals surface area contributed by atoms with Gasteiger partial charge < -0.3 is 4.74 Å². The first-order chi connectivity index (χ1) is 9.66. The summed E-state index contributed by atoms with van der Waals surface area (Å²) in [5.74, 6) is 0. The highest BCUT2D eigenvalue weighted by atomic mass is 16.5. The van der Waals surface area contributed by atoms with Crippen LogP contribution in [0.4, 0.5) is 0 Å². The number of hydrogen-bond acceptors (Lipinski definition) is 4. The molecule has 0 bridgehead atoms. The Morgan fingerprint density at radius 3 is 2.60 bits per heavy atom. The summed E-state index contributed by atoms with van der Waals surface area (Å²) in [5, 5.41) is 12.9. The average Bonchev–Trinajstić information content (AvgIpc) is 2.88. The Balaban J connectivity index is 2.75. The predicted molar refractivity (Wildman–Crippen MR) is 82.6 cm³/mol. The van der Waals surface area contributed by atoms with Crippen molar-refractivity contribution in [1.29, 1.82) is 5.26 Å². The second kappa shape index (κ2) is 8.61. The van der Waals surface area contributed by atoms with E-state index in [-0.39, 0.29) is 5.54 Å². The Morgan fingerprint density at radius 1 is 1.40 bits per heavy atom. The topological polar surface area (TPSA) is 48.3 Å². The van der Waals surface area contributed by atoms with Crippen molar-refractivity contribution >= 4 is 0 Å². The second-order valence-corrected chi connectivity index (χ2v) is 5.82. The zero-order valence-electron chi connectivity index (χ0n) is 13.6. The van der Waals surface area contributed by atoms with E-state index >= 15 is 0 Å². The fourth-order valence-corrected chi connectivity index (χ4v) is 3.56. The molecule has 0 amide bonds. The van der Waals surface area contributed by atoms with Gasteiger partial charge in [-0.1, -0.05) is 20.8 Å². The van der Waals surface area contributed by atoms with E-state index in [1.807, 2.05) is 0 Å². The molecular formula is C16H31N3O. The maximum Gasteiger partial charge on any atom is 0.108 e. The fourth-order valence-electron chi connectivity index (χ4n) is 3.56. The van der Waals surface area contributed by atoms with Gasteiger partial charge in [-0.3, -0.25) is 10.2 Å².